The molecule has 0 aromatic heterocycles. The summed E-state index contributed by atoms with van der Waals surface area (Å²) in [4.78, 5) is 11.9. The molecule has 0 saturated heterocycles. The van der Waals surface area contributed by atoms with E-state index in [1.165, 1.54) is 0 Å². The number of hydrogen-bond donors (Lipinski definition) is 2. The van der Waals surface area contributed by atoms with Crippen molar-refractivity contribution < 1.29 is 9.53 Å². The molecule has 0 saturated carbocycles. The fourth-order valence-electron chi connectivity index (χ4n) is 1.79. The van der Waals surface area contributed by atoms with Crippen LogP contribution in [0.1, 0.15) is 11.1 Å². The lowest BCUT2D eigenvalue weighted by Crippen LogP contribution is -2.20. The number of carbonyl (C=O) groups excluding carboxylic acids is 1. The van der Waals surface area contributed by atoms with Gasteiger partial charge >= 0.3 is 0 Å². The largest absolute Gasteiger partial charge is 0.484 e. The molecule has 1 amide bonds. The van der Waals surface area contributed by atoms with Crippen molar-refractivity contribution in [3.63, 3.8) is 0 Å². The highest BCUT2D eigenvalue weighted by atomic mass is 16.5. The van der Waals surface area contributed by atoms with E-state index in [0.717, 1.165) is 16.8 Å². The van der Waals surface area contributed by atoms with Crippen LogP contribution in [0.4, 0.5) is 11.4 Å². The number of ether oxygens (including phenoxy) is 1. The molecule has 0 aliphatic heterocycles. The Morgan fingerprint density at radius 1 is 1.15 bits per heavy atom. The minimum atomic E-state index is -0.185. The molecule has 0 aliphatic carbocycles. The molecule has 0 heterocycles. The molecular weight excluding hydrogens is 252 g/mol. The third-order valence-electron chi connectivity index (χ3n) is 3.13. The first-order valence-corrected chi connectivity index (χ1v) is 6.40. The van der Waals surface area contributed by atoms with Crippen LogP contribution >= 0.6 is 0 Å². The molecule has 2 aromatic rings. The molecule has 104 valence electrons. The number of anilines is 2. The van der Waals surface area contributed by atoms with Gasteiger partial charge < -0.3 is 15.8 Å². The number of hydrogen-bond acceptors (Lipinski definition) is 3. The summed E-state index contributed by atoms with van der Waals surface area (Å²) in [5, 5.41) is 2.84. The normalized spacial score (nSPS) is 10.1. The van der Waals surface area contributed by atoms with Crippen LogP contribution in [0.5, 0.6) is 5.75 Å². The minimum absolute atomic E-state index is 0.0305. The number of nitrogens with one attached hydrogen (secondary N) is 1. The van der Waals surface area contributed by atoms with Gasteiger partial charge in [-0.3, -0.25) is 4.79 Å². The van der Waals surface area contributed by atoms with Crippen molar-refractivity contribution in [2.24, 2.45) is 0 Å². The Balaban J connectivity index is 1.92. The van der Waals surface area contributed by atoms with Gasteiger partial charge in [0.25, 0.3) is 5.91 Å². The van der Waals surface area contributed by atoms with Crippen LogP contribution in [0.3, 0.4) is 0 Å². The van der Waals surface area contributed by atoms with E-state index in [4.69, 9.17) is 10.5 Å². The summed E-state index contributed by atoms with van der Waals surface area (Å²) in [6.07, 6.45) is 0. The number of benzene rings is 2. The number of nitrogen functional groups attached to an aromatic ring is 1. The van der Waals surface area contributed by atoms with Crippen LogP contribution in [-0.2, 0) is 4.79 Å². The second-order valence-electron chi connectivity index (χ2n) is 4.65. The third kappa shape index (κ3) is 3.51. The summed E-state index contributed by atoms with van der Waals surface area (Å²) >= 11 is 0. The third-order valence-corrected chi connectivity index (χ3v) is 3.13. The predicted molar refractivity (Wildman–Crippen MR) is 80.9 cm³/mol. The molecule has 2 rings (SSSR count). The van der Waals surface area contributed by atoms with Crippen LogP contribution in [0.25, 0.3) is 0 Å². The van der Waals surface area contributed by atoms with Gasteiger partial charge in [0.15, 0.2) is 6.61 Å². The lowest BCUT2D eigenvalue weighted by atomic mass is 10.1. The Bertz CT molecular complexity index is 606. The Hall–Kier alpha value is -2.49. The maximum atomic E-state index is 11.9. The number of carbonyl (C=O) groups is 1. The fraction of sp³-hybridized carbons (Fsp3) is 0.188. The Morgan fingerprint density at radius 2 is 1.85 bits per heavy atom. The summed E-state index contributed by atoms with van der Waals surface area (Å²) in [6.45, 7) is 3.96. The van der Waals surface area contributed by atoms with Gasteiger partial charge in [-0.15, -0.1) is 0 Å². The van der Waals surface area contributed by atoms with Gasteiger partial charge in [-0.25, -0.2) is 0 Å². The smallest absolute Gasteiger partial charge is 0.262 e. The highest BCUT2D eigenvalue weighted by molar-refractivity contribution is 5.92. The molecule has 4 heteroatoms. The summed E-state index contributed by atoms with van der Waals surface area (Å²) < 4.78 is 5.40. The maximum Gasteiger partial charge on any atom is 0.262 e. The van der Waals surface area contributed by atoms with Gasteiger partial charge in [-0.2, -0.15) is 0 Å². The van der Waals surface area contributed by atoms with Gasteiger partial charge in [-0.1, -0.05) is 12.1 Å². The molecule has 20 heavy (non-hydrogen) atoms. The average molecular weight is 270 g/mol. The monoisotopic (exact) mass is 270 g/mol. The summed E-state index contributed by atoms with van der Waals surface area (Å²) in [5.41, 5.74) is 9.26. The average Bonchev–Trinajstić information content (AvgIpc) is 2.43. The first kappa shape index (κ1) is 13.9. The fourth-order valence-corrected chi connectivity index (χ4v) is 1.79. The Kier molecular flexibility index (Phi) is 4.25. The van der Waals surface area contributed by atoms with Gasteiger partial charge in [0.2, 0.25) is 0 Å². The van der Waals surface area contributed by atoms with Crippen molar-refractivity contribution in [2.45, 2.75) is 13.8 Å². The summed E-state index contributed by atoms with van der Waals surface area (Å²) in [5.74, 6) is 0.436. The van der Waals surface area contributed by atoms with Crippen LogP contribution < -0.4 is 15.8 Å². The molecule has 0 fully saturated rings. The number of rotatable bonds is 4. The standard InChI is InChI=1S/C16H18N2O2/c1-11-4-3-5-15(12(11)2)18-16(19)10-20-14-8-6-13(17)7-9-14/h3-9H,10,17H2,1-2H3,(H,18,19). The minimum Gasteiger partial charge on any atom is -0.484 e. The van der Waals surface area contributed by atoms with Gasteiger partial charge in [0.1, 0.15) is 5.75 Å². The van der Waals surface area contributed by atoms with E-state index in [1.807, 2.05) is 32.0 Å². The van der Waals surface area contributed by atoms with Crippen molar-refractivity contribution in [2.75, 3.05) is 17.7 Å². The van der Waals surface area contributed by atoms with Crippen LogP contribution in [0.15, 0.2) is 42.5 Å². The van der Waals surface area contributed by atoms with E-state index in [-0.39, 0.29) is 12.5 Å². The zero-order valence-corrected chi connectivity index (χ0v) is 11.6. The SMILES string of the molecule is Cc1cccc(NC(=O)COc2ccc(N)cc2)c1C. The van der Waals surface area contributed by atoms with Crippen LogP contribution in [0.2, 0.25) is 0 Å². The molecular formula is C16H18N2O2. The first-order valence-electron chi connectivity index (χ1n) is 6.40. The first-order chi connectivity index (χ1) is 9.56. The van der Waals surface area contributed by atoms with Crippen molar-refractivity contribution in [1.29, 1.82) is 0 Å². The molecule has 0 unspecified atom stereocenters. The van der Waals surface area contributed by atoms with Crippen molar-refractivity contribution in [3.05, 3.63) is 53.6 Å². The zero-order valence-electron chi connectivity index (χ0n) is 11.6. The summed E-state index contributed by atoms with van der Waals surface area (Å²) in [6, 6.07) is 12.7. The number of aryl methyl sites for hydroxylation is 1. The van der Waals surface area contributed by atoms with E-state index in [1.54, 1.807) is 24.3 Å². The Labute approximate surface area is 118 Å². The van der Waals surface area contributed by atoms with Gasteiger partial charge in [-0.05, 0) is 55.3 Å². The highest BCUT2D eigenvalue weighted by Gasteiger charge is 2.06. The second-order valence-corrected chi connectivity index (χ2v) is 4.65. The molecule has 0 spiro atoms. The topological polar surface area (TPSA) is 64.3 Å². The molecule has 0 atom stereocenters. The lowest BCUT2D eigenvalue weighted by molar-refractivity contribution is -0.118. The van der Waals surface area contributed by atoms with Crippen LogP contribution in [0, 0.1) is 13.8 Å². The highest BCUT2D eigenvalue weighted by Crippen LogP contribution is 2.18. The molecule has 0 radical (unpaired) electrons. The van der Waals surface area contributed by atoms with E-state index in [0.29, 0.717) is 11.4 Å². The van der Waals surface area contributed by atoms with Crippen molar-refractivity contribution in [3.8, 4) is 5.75 Å². The quantitative estimate of drug-likeness (QED) is 0.840. The molecule has 0 aliphatic rings. The lowest BCUT2D eigenvalue weighted by Gasteiger charge is -2.11. The van der Waals surface area contributed by atoms with E-state index in [2.05, 4.69) is 5.32 Å². The number of nitrogens with two attached hydrogens (primary N) is 1. The van der Waals surface area contributed by atoms with Crippen molar-refractivity contribution >= 4 is 17.3 Å². The molecule has 3 N–H and O–H groups in total. The van der Waals surface area contributed by atoms with Gasteiger partial charge in [0, 0.05) is 11.4 Å². The van der Waals surface area contributed by atoms with Gasteiger partial charge in [0.05, 0.1) is 0 Å². The summed E-state index contributed by atoms with van der Waals surface area (Å²) in [7, 11) is 0. The van der Waals surface area contributed by atoms with E-state index >= 15 is 0 Å². The van der Waals surface area contributed by atoms with Crippen molar-refractivity contribution in [1.82, 2.24) is 0 Å². The maximum absolute atomic E-state index is 11.9. The molecule has 0 bridgehead atoms. The van der Waals surface area contributed by atoms with Crippen LogP contribution in [-0.4, -0.2) is 12.5 Å². The number of amides is 1. The predicted octanol–water partition coefficient (Wildman–Crippen LogP) is 2.90. The zero-order chi connectivity index (χ0) is 14.5. The molecule has 2 aromatic carbocycles. The molecule has 4 nitrogen and oxygen atoms in total. The second kappa shape index (κ2) is 6.10. The van der Waals surface area contributed by atoms with E-state index in [9.17, 15) is 4.79 Å². The Morgan fingerprint density at radius 3 is 2.55 bits per heavy atom. The van der Waals surface area contributed by atoms with E-state index < -0.39 is 0 Å².